The highest BCUT2D eigenvalue weighted by Crippen LogP contribution is 2.70. The predicted molar refractivity (Wildman–Crippen MR) is 131 cm³/mol. The van der Waals surface area contributed by atoms with E-state index in [1.165, 1.54) is 0 Å². The van der Waals surface area contributed by atoms with E-state index in [-0.39, 0.29) is 52.8 Å². The molecule has 4 nitrogen and oxygen atoms in total. The van der Waals surface area contributed by atoms with E-state index in [1.54, 1.807) is 0 Å². The van der Waals surface area contributed by atoms with Crippen molar-refractivity contribution >= 4 is 5.78 Å². The summed E-state index contributed by atoms with van der Waals surface area (Å²) in [6.45, 7) is 16.8. The van der Waals surface area contributed by atoms with E-state index in [0.717, 1.165) is 44.9 Å². The van der Waals surface area contributed by atoms with E-state index < -0.39 is 17.1 Å². The van der Waals surface area contributed by atoms with Crippen LogP contribution < -0.4 is 0 Å². The molecule has 3 unspecified atom stereocenters. The van der Waals surface area contributed by atoms with E-state index in [2.05, 4.69) is 34.3 Å². The summed E-state index contributed by atoms with van der Waals surface area (Å²) in [5, 5.41) is 34.6. The molecule has 4 heteroatoms. The summed E-state index contributed by atoms with van der Waals surface area (Å²) in [4.78, 5) is 12.8. The van der Waals surface area contributed by atoms with Gasteiger partial charge in [-0.3, -0.25) is 4.79 Å². The Hall–Kier alpha value is -0.710. The van der Waals surface area contributed by atoms with Crippen molar-refractivity contribution in [1.29, 1.82) is 0 Å². The molecule has 4 rings (SSSR count). The van der Waals surface area contributed by atoms with Crippen molar-refractivity contribution in [2.75, 3.05) is 0 Å². The second-order valence-electron chi connectivity index (χ2n) is 13.3. The molecule has 3 N–H and O–H groups in total. The molecule has 33 heavy (non-hydrogen) atoms. The smallest absolute Gasteiger partial charge is 0.158 e. The number of carbonyl (C=O) groups excluding carboxylic acids is 1. The van der Waals surface area contributed by atoms with Crippen molar-refractivity contribution in [3.05, 3.63) is 12.2 Å². The quantitative estimate of drug-likeness (QED) is 0.496. The number of aliphatic hydroxyl groups is 3. The van der Waals surface area contributed by atoms with Crippen LogP contribution >= 0.6 is 0 Å². The van der Waals surface area contributed by atoms with Crippen LogP contribution in [-0.2, 0) is 4.79 Å². The normalized spacial score (nSPS) is 50.3. The van der Waals surface area contributed by atoms with Gasteiger partial charge in [0.15, 0.2) is 5.78 Å². The molecule has 0 aromatic heterocycles. The Morgan fingerprint density at radius 2 is 1.64 bits per heavy atom. The first kappa shape index (κ1) is 25.4. The Labute approximate surface area is 201 Å². The minimum Gasteiger partial charge on any atom is -0.393 e. The highest BCUT2D eigenvalue weighted by Gasteiger charge is 2.71. The van der Waals surface area contributed by atoms with Gasteiger partial charge in [-0.15, -0.1) is 0 Å². The number of hydrogen-bond acceptors (Lipinski definition) is 4. The standard InChI is InChI=1S/C29H48O4/c1-16(2)18(4)25(31)14-17(3)20-10-13-29(33)22-9-8-21-19(5)24(30)11-12-27(21,6)23(22)15-26(32)28(20,29)7/h16-17,19-24,26,30,32-33H,4,8-15H2,1-3,5-7H3/t17-,19+,20-,21?,22?,23?,24+,26+,27+,28+,29+/m1/s1. The summed E-state index contributed by atoms with van der Waals surface area (Å²) < 4.78 is 0. The zero-order chi connectivity index (χ0) is 24.5. The zero-order valence-corrected chi connectivity index (χ0v) is 21.8. The Morgan fingerprint density at radius 3 is 2.27 bits per heavy atom. The van der Waals surface area contributed by atoms with Gasteiger partial charge in [-0.2, -0.15) is 0 Å². The minimum atomic E-state index is -0.889. The lowest BCUT2D eigenvalue weighted by molar-refractivity contribution is -0.254. The third kappa shape index (κ3) is 3.52. The number of carbonyl (C=O) groups is 1. The lowest BCUT2D eigenvalue weighted by Crippen LogP contribution is -2.67. The maximum absolute atomic E-state index is 12.8. The van der Waals surface area contributed by atoms with Gasteiger partial charge < -0.3 is 15.3 Å². The third-order valence-corrected chi connectivity index (χ3v) is 11.8. The maximum Gasteiger partial charge on any atom is 0.158 e. The van der Waals surface area contributed by atoms with Crippen LogP contribution in [0.25, 0.3) is 0 Å². The Morgan fingerprint density at radius 1 is 1.00 bits per heavy atom. The van der Waals surface area contributed by atoms with Crippen molar-refractivity contribution in [3.63, 3.8) is 0 Å². The first-order valence-electron chi connectivity index (χ1n) is 13.6. The summed E-state index contributed by atoms with van der Waals surface area (Å²) in [7, 11) is 0. The van der Waals surface area contributed by atoms with Crippen LogP contribution in [0.3, 0.4) is 0 Å². The molecule has 0 saturated heterocycles. The van der Waals surface area contributed by atoms with E-state index in [4.69, 9.17) is 0 Å². The molecular formula is C29H48O4. The fraction of sp³-hybridized carbons (Fsp3) is 0.897. The molecule has 0 bridgehead atoms. The lowest BCUT2D eigenvalue weighted by atomic mass is 9.41. The first-order valence-corrected chi connectivity index (χ1v) is 13.6. The topological polar surface area (TPSA) is 77.8 Å². The molecule has 0 aliphatic heterocycles. The Kier molecular flexibility index (Phi) is 6.50. The monoisotopic (exact) mass is 460 g/mol. The first-order chi connectivity index (χ1) is 15.3. The molecule has 0 amide bonds. The van der Waals surface area contributed by atoms with Crippen molar-refractivity contribution in [3.8, 4) is 0 Å². The molecule has 0 spiro atoms. The van der Waals surface area contributed by atoms with Crippen molar-refractivity contribution in [1.82, 2.24) is 0 Å². The Bertz CT molecular complexity index is 790. The predicted octanol–water partition coefficient (Wildman–Crippen LogP) is 5.15. The van der Waals surface area contributed by atoms with Crippen LogP contribution in [-0.4, -0.2) is 38.9 Å². The van der Waals surface area contributed by atoms with Crippen molar-refractivity contribution < 1.29 is 20.1 Å². The number of Topliss-reactive ketones (excluding diaryl/α,β-unsaturated/α-hetero) is 1. The van der Waals surface area contributed by atoms with Crippen LogP contribution in [0, 0.1) is 52.3 Å². The van der Waals surface area contributed by atoms with E-state index in [0.29, 0.717) is 17.9 Å². The highest BCUT2D eigenvalue weighted by atomic mass is 16.3. The van der Waals surface area contributed by atoms with Gasteiger partial charge in [0.2, 0.25) is 0 Å². The van der Waals surface area contributed by atoms with Gasteiger partial charge in [-0.1, -0.05) is 48.1 Å². The van der Waals surface area contributed by atoms with Crippen LogP contribution in [0.2, 0.25) is 0 Å². The van der Waals surface area contributed by atoms with Crippen LogP contribution in [0.4, 0.5) is 0 Å². The molecule has 0 aromatic rings. The second-order valence-corrected chi connectivity index (χ2v) is 13.3. The van der Waals surface area contributed by atoms with Crippen LogP contribution in [0.5, 0.6) is 0 Å². The van der Waals surface area contributed by atoms with E-state index >= 15 is 0 Å². The van der Waals surface area contributed by atoms with Gasteiger partial charge in [0.05, 0.1) is 17.8 Å². The van der Waals surface area contributed by atoms with Gasteiger partial charge >= 0.3 is 0 Å². The van der Waals surface area contributed by atoms with Crippen LogP contribution in [0.15, 0.2) is 12.2 Å². The molecule has 11 atom stereocenters. The number of rotatable bonds is 5. The van der Waals surface area contributed by atoms with Gasteiger partial charge in [0.1, 0.15) is 0 Å². The molecule has 0 heterocycles. The van der Waals surface area contributed by atoms with E-state index in [9.17, 15) is 20.1 Å². The molecule has 0 radical (unpaired) electrons. The molecule has 4 aliphatic carbocycles. The SMILES string of the molecule is C=C(C(=O)C[C@@H](C)[C@H]1CC[C@]2(O)C3CCC4[C@H](C)[C@@H](O)CC[C@]4(C)C3C[C@H](O)[C@]12C)C(C)C. The number of aliphatic hydroxyl groups excluding tert-OH is 2. The number of ketones is 1. The fourth-order valence-corrected chi connectivity index (χ4v) is 9.49. The number of allylic oxidation sites excluding steroid dienone is 1. The molecular weight excluding hydrogens is 412 g/mol. The van der Waals surface area contributed by atoms with Crippen molar-refractivity contribution in [2.45, 2.75) is 111 Å². The highest BCUT2D eigenvalue weighted by molar-refractivity contribution is 5.95. The van der Waals surface area contributed by atoms with Gasteiger partial charge in [0, 0.05) is 11.8 Å². The fourth-order valence-electron chi connectivity index (χ4n) is 9.49. The van der Waals surface area contributed by atoms with Gasteiger partial charge in [0.25, 0.3) is 0 Å². The molecule has 0 aromatic carbocycles. The summed E-state index contributed by atoms with van der Waals surface area (Å²) >= 11 is 0. The lowest BCUT2D eigenvalue weighted by Gasteiger charge is -2.66. The van der Waals surface area contributed by atoms with Gasteiger partial charge in [-0.05, 0) is 97.4 Å². The molecule has 4 saturated carbocycles. The minimum absolute atomic E-state index is 0.0638. The number of fused-ring (bicyclic) bond motifs is 5. The maximum atomic E-state index is 12.8. The largest absolute Gasteiger partial charge is 0.393 e. The average Bonchev–Trinajstić information content (AvgIpc) is 3.04. The summed E-state index contributed by atoms with van der Waals surface area (Å²) in [6.07, 6.45) is 5.80. The summed E-state index contributed by atoms with van der Waals surface area (Å²) in [5.74, 6) is 1.72. The molecule has 188 valence electrons. The van der Waals surface area contributed by atoms with Crippen molar-refractivity contribution in [2.24, 2.45) is 52.3 Å². The third-order valence-electron chi connectivity index (χ3n) is 11.8. The second kappa shape index (κ2) is 8.45. The van der Waals surface area contributed by atoms with Gasteiger partial charge in [-0.25, -0.2) is 0 Å². The summed E-state index contributed by atoms with van der Waals surface area (Å²) in [5.41, 5.74) is -0.728. The van der Waals surface area contributed by atoms with E-state index in [1.807, 2.05) is 13.8 Å². The number of hydrogen-bond donors (Lipinski definition) is 3. The Balaban J connectivity index is 1.61. The van der Waals surface area contributed by atoms with Crippen LogP contribution in [0.1, 0.15) is 92.9 Å². The zero-order valence-electron chi connectivity index (χ0n) is 21.8. The average molecular weight is 461 g/mol. The molecule has 4 aliphatic rings. The molecule has 4 fully saturated rings. The summed E-state index contributed by atoms with van der Waals surface area (Å²) in [6, 6.07) is 0.